The van der Waals surface area contributed by atoms with E-state index in [0.29, 0.717) is 6.54 Å². The Morgan fingerprint density at radius 3 is 2.62 bits per heavy atom. The highest BCUT2D eigenvalue weighted by Crippen LogP contribution is 2.10. The fourth-order valence-electron chi connectivity index (χ4n) is 1.84. The molecule has 0 atom stereocenters. The van der Waals surface area contributed by atoms with Crippen LogP contribution >= 0.6 is 0 Å². The van der Waals surface area contributed by atoms with Gasteiger partial charge in [0.1, 0.15) is 5.82 Å². The number of aliphatic imine (C=N–C) groups is 1. The fourth-order valence-corrected chi connectivity index (χ4v) is 1.84. The van der Waals surface area contributed by atoms with Crippen molar-refractivity contribution in [1.29, 1.82) is 0 Å². The average molecular weight is 295 g/mol. The quantitative estimate of drug-likeness (QED) is 0.625. The van der Waals surface area contributed by atoms with Crippen LogP contribution in [0.15, 0.2) is 23.2 Å². The SMILES string of the molecule is CN=C(NCCc1ccc(F)cc1C)NCC(C)(C)OC. The maximum Gasteiger partial charge on any atom is 0.191 e. The van der Waals surface area contributed by atoms with E-state index in [4.69, 9.17) is 4.74 Å². The molecule has 0 aliphatic heterocycles. The third-order valence-electron chi connectivity index (χ3n) is 3.45. The number of benzene rings is 1. The van der Waals surface area contributed by atoms with Crippen LogP contribution in [0.25, 0.3) is 0 Å². The highest BCUT2D eigenvalue weighted by atomic mass is 19.1. The minimum Gasteiger partial charge on any atom is -0.377 e. The van der Waals surface area contributed by atoms with E-state index in [1.807, 2.05) is 26.8 Å². The number of ether oxygens (including phenoxy) is 1. The maximum atomic E-state index is 13.0. The first kappa shape index (κ1) is 17.4. The summed E-state index contributed by atoms with van der Waals surface area (Å²) in [5.41, 5.74) is 1.86. The lowest BCUT2D eigenvalue weighted by molar-refractivity contribution is 0.0268. The first-order chi connectivity index (χ1) is 9.88. The van der Waals surface area contributed by atoms with E-state index in [1.165, 1.54) is 6.07 Å². The van der Waals surface area contributed by atoms with Crippen LogP contribution in [0.5, 0.6) is 0 Å². The molecular weight excluding hydrogens is 269 g/mol. The van der Waals surface area contributed by atoms with Crippen molar-refractivity contribution in [3.8, 4) is 0 Å². The number of hydrogen-bond donors (Lipinski definition) is 2. The van der Waals surface area contributed by atoms with Crippen LogP contribution < -0.4 is 10.6 Å². The van der Waals surface area contributed by atoms with Gasteiger partial charge in [0.05, 0.1) is 5.60 Å². The molecule has 0 saturated carbocycles. The minimum absolute atomic E-state index is 0.191. The van der Waals surface area contributed by atoms with Crippen molar-refractivity contribution in [2.24, 2.45) is 4.99 Å². The Morgan fingerprint density at radius 1 is 1.33 bits per heavy atom. The molecule has 0 saturated heterocycles. The molecule has 21 heavy (non-hydrogen) atoms. The summed E-state index contributed by atoms with van der Waals surface area (Å²) in [6.45, 7) is 7.34. The standard InChI is InChI=1S/C16H26FN3O/c1-12-10-14(17)7-6-13(12)8-9-19-15(18-4)20-11-16(2,3)21-5/h6-7,10H,8-9,11H2,1-5H3,(H2,18,19,20). The molecule has 5 heteroatoms. The molecule has 118 valence electrons. The van der Waals surface area contributed by atoms with Gasteiger partial charge in [0.2, 0.25) is 0 Å². The van der Waals surface area contributed by atoms with Crippen LogP contribution in [0.2, 0.25) is 0 Å². The molecule has 0 radical (unpaired) electrons. The van der Waals surface area contributed by atoms with Crippen molar-refractivity contribution in [1.82, 2.24) is 10.6 Å². The van der Waals surface area contributed by atoms with Crippen molar-refractivity contribution in [2.45, 2.75) is 32.8 Å². The van der Waals surface area contributed by atoms with Crippen LogP contribution in [0.4, 0.5) is 4.39 Å². The molecular formula is C16H26FN3O. The summed E-state index contributed by atoms with van der Waals surface area (Å²) in [6.07, 6.45) is 0.820. The maximum absolute atomic E-state index is 13.0. The van der Waals surface area contributed by atoms with Crippen LogP contribution in [0.1, 0.15) is 25.0 Å². The Bertz CT molecular complexity index is 486. The molecule has 0 aliphatic rings. The van der Waals surface area contributed by atoms with E-state index in [2.05, 4.69) is 15.6 Å². The van der Waals surface area contributed by atoms with Gasteiger partial charge >= 0.3 is 0 Å². The van der Waals surface area contributed by atoms with Crippen molar-refractivity contribution in [3.05, 3.63) is 35.1 Å². The topological polar surface area (TPSA) is 45.7 Å². The van der Waals surface area contributed by atoms with Gasteiger partial charge in [-0.25, -0.2) is 4.39 Å². The molecule has 1 rings (SSSR count). The van der Waals surface area contributed by atoms with E-state index in [1.54, 1.807) is 20.2 Å². The number of methoxy groups -OCH3 is 1. The zero-order valence-electron chi connectivity index (χ0n) is 13.6. The van der Waals surface area contributed by atoms with E-state index < -0.39 is 0 Å². The number of guanidine groups is 1. The average Bonchev–Trinajstić information content (AvgIpc) is 2.44. The summed E-state index contributed by atoms with van der Waals surface area (Å²) in [5, 5.41) is 6.47. The van der Waals surface area contributed by atoms with Gasteiger partial charge in [-0.05, 0) is 50.5 Å². The van der Waals surface area contributed by atoms with Gasteiger partial charge < -0.3 is 15.4 Å². The van der Waals surface area contributed by atoms with Gasteiger partial charge in [-0.15, -0.1) is 0 Å². The molecule has 0 fully saturated rings. The second-order valence-electron chi connectivity index (χ2n) is 5.64. The van der Waals surface area contributed by atoms with E-state index >= 15 is 0 Å². The monoisotopic (exact) mass is 295 g/mol. The van der Waals surface area contributed by atoms with Crippen LogP contribution in [-0.4, -0.2) is 38.8 Å². The summed E-state index contributed by atoms with van der Waals surface area (Å²) in [6, 6.07) is 4.89. The Kier molecular flexibility index (Phi) is 6.62. The Hall–Kier alpha value is -1.62. The summed E-state index contributed by atoms with van der Waals surface area (Å²) in [4.78, 5) is 4.17. The summed E-state index contributed by atoms with van der Waals surface area (Å²) in [5.74, 6) is 0.545. The largest absolute Gasteiger partial charge is 0.377 e. The van der Waals surface area contributed by atoms with E-state index in [0.717, 1.165) is 30.1 Å². The highest BCUT2D eigenvalue weighted by Gasteiger charge is 2.16. The molecule has 2 N–H and O–H groups in total. The molecule has 0 aromatic heterocycles. The van der Waals surface area contributed by atoms with Crippen molar-refractivity contribution >= 4 is 5.96 Å². The van der Waals surface area contributed by atoms with E-state index in [9.17, 15) is 4.39 Å². The number of aryl methyl sites for hydroxylation is 1. The molecule has 1 aromatic rings. The molecule has 0 amide bonds. The smallest absolute Gasteiger partial charge is 0.191 e. The van der Waals surface area contributed by atoms with Crippen molar-refractivity contribution < 1.29 is 9.13 Å². The number of nitrogens with zero attached hydrogens (tertiary/aromatic N) is 1. The molecule has 1 aromatic carbocycles. The van der Waals surface area contributed by atoms with Crippen molar-refractivity contribution in [2.75, 3.05) is 27.2 Å². The van der Waals surface area contributed by atoms with Gasteiger partial charge in [-0.3, -0.25) is 4.99 Å². The molecule has 0 spiro atoms. The predicted octanol–water partition coefficient (Wildman–Crippen LogP) is 2.27. The van der Waals surface area contributed by atoms with Crippen LogP contribution in [0, 0.1) is 12.7 Å². The molecule has 4 nitrogen and oxygen atoms in total. The number of rotatable bonds is 6. The second-order valence-corrected chi connectivity index (χ2v) is 5.64. The third-order valence-corrected chi connectivity index (χ3v) is 3.45. The molecule has 0 unspecified atom stereocenters. The van der Waals surface area contributed by atoms with E-state index in [-0.39, 0.29) is 11.4 Å². The summed E-state index contributed by atoms with van der Waals surface area (Å²) >= 11 is 0. The second kappa shape index (κ2) is 7.98. The first-order valence-corrected chi connectivity index (χ1v) is 7.12. The van der Waals surface area contributed by atoms with Gasteiger partial charge in [-0.1, -0.05) is 6.07 Å². The highest BCUT2D eigenvalue weighted by molar-refractivity contribution is 5.79. The first-order valence-electron chi connectivity index (χ1n) is 7.12. The Labute approximate surface area is 126 Å². The summed E-state index contributed by atoms with van der Waals surface area (Å²) < 4.78 is 18.4. The normalized spacial score (nSPS) is 12.4. The Balaban J connectivity index is 2.42. The number of halogens is 1. The van der Waals surface area contributed by atoms with Gasteiger partial charge in [0.15, 0.2) is 5.96 Å². The summed E-state index contributed by atoms with van der Waals surface area (Å²) in [7, 11) is 3.42. The molecule has 0 aliphatic carbocycles. The van der Waals surface area contributed by atoms with Crippen LogP contribution in [-0.2, 0) is 11.2 Å². The van der Waals surface area contributed by atoms with Gasteiger partial charge in [0.25, 0.3) is 0 Å². The zero-order valence-corrected chi connectivity index (χ0v) is 13.6. The third kappa shape index (κ3) is 6.12. The lowest BCUT2D eigenvalue weighted by Gasteiger charge is -2.24. The molecule has 0 bridgehead atoms. The van der Waals surface area contributed by atoms with Crippen molar-refractivity contribution in [3.63, 3.8) is 0 Å². The van der Waals surface area contributed by atoms with Gasteiger partial charge in [0, 0.05) is 27.2 Å². The lowest BCUT2D eigenvalue weighted by atomic mass is 10.1. The number of nitrogens with one attached hydrogen (secondary N) is 2. The Morgan fingerprint density at radius 2 is 2.05 bits per heavy atom. The number of hydrogen-bond acceptors (Lipinski definition) is 2. The minimum atomic E-state index is -0.245. The predicted molar refractivity (Wildman–Crippen MR) is 85.3 cm³/mol. The zero-order chi connectivity index (χ0) is 15.9. The lowest BCUT2D eigenvalue weighted by Crippen LogP contribution is -2.45. The molecule has 0 heterocycles. The fraction of sp³-hybridized carbons (Fsp3) is 0.562. The van der Waals surface area contributed by atoms with Crippen LogP contribution in [0.3, 0.4) is 0 Å². The van der Waals surface area contributed by atoms with Gasteiger partial charge in [-0.2, -0.15) is 0 Å².